The lowest BCUT2D eigenvalue weighted by atomic mass is 9.91. The predicted octanol–water partition coefficient (Wildman–Crippen LogP) is 5.40. The highest BCUT2D eigenvalue weighted by molar-refractivity contribution is 6.90. The van der Waals surface area contributed by atoms with Gasteiger partial charge in [0.25, 0.3) is 0 Å². The number of anilines is 1. The largest absolute Gasteiger partial charge is 0.324 e. The number of amides is 1. The number of nitrogens with two attached hydrogens (primary N) is 1. The van der Waals surface area contributed by atoms with Crippen LogP contribution in [0, 0.1) is 11.5 Å². The summed E-state index contributed by atoms with van der Waals surface area (Å²) >= 11 is 0. The summed E-state index contributed by atoms with van der Waals surface area (Å²) in [6, 6.07) is 6.26. The van der Waals surface area contributed by atoms with Crippen molar-refractivity contribution in [2.24, 2.45) is 5.73 Å². The van der Waals surface area contributed by atoms with E-state index < -0.39 is 8.07 Å². The minimum Gasteiger partial charge on any atom is -0.324 e. The Morgan fingerprint density at radius 2 is 1.70 bits per heavy atom. The maximum absolute atomic E-state index is 12.1. The van der Waals surface area contributed by atoms with Crippen LogP contribution in [0.4, 0.5) is 5.69 Å². The number of fused-ring (bicyclic) bond motifs is 1. The Balaban J connectivity index is 2.51. The van der Waals surface area contributed by atoms with E-state index in [4.69, 9.17) is 5.73 Å². The first-order valence-electron chi connectivity index (χ1n) is 10.2. The molecule has 0 saturated heterocycles. The van der Waals surface area contributed by atoms with Gasteiger partial charge in [-0.2, -0.15) is 0 Å². The van der Waals surface area contributed by atoms with Crippen LogP contribution >= 0.6 is 0 Å². The normalized spacial score (nSPS) is 19.9. The fourth-order valence-corrected chi connectivity index (χ4v) is 10.3. The summed E-state index contributed by atoms with van der Waals surface area (Å²) < 4.78 is 0. The van der Waals surface area contributed by atoms with Crippen molar-refractivity contribution in [1.82, 2.24) is 0 Å². The van der Waals surface area contributed by atoms with Gasteiger partial charge in [-0.25, -0.2) is 0 Å². The minimum atomic E-state index is -1.76. The Labute approximate surface area is 166 Å². The zero-order chi connectivity index (χ0) is 20.5. The minimum absolute atomic E-state index is 0.0466. The topological polar surface area (TPSA) is 46.3 Å². The van der Waals surface area contributed by atoms with Crippen LogP contribution in [0.5, 0.6) is 0 Å². The Morgan fingerprint density at radius 3 is 2.19 bits per heavy atom. The molecule has 0 radical (unpaired) electrons. The first kappa shape index (κ1) is 21.7. The van der Waals surface area contributed by atoms with E-state index in [2.05, 4.69) is 66.0 Å². The first-order valence-corrected chi connectivity index (χ1v) is 12.5. The van der Waals surface area contributed by atoms with Gasteiger partial charge in [-0.05, 0) is 53.7 Å². The van der Waals surface area contributed by atoms with Gasteiger partial charge in [0.1, 0.15) is 8.07 Å². The van der Waals surface area contributed by atoms with Crippen molar-refractivity contribution in [3.8, 4) is 11.5 Å². The van der Waals surface area contributed by atoms with Crippen molar-refractivity contribution >= 4 is 19.7 Å². The summed E-state index contributed by atoms with van der Waals surface area (Å²) in [5, 5.41) is 0. The lowest BCUT2D eigenvalue weighted by Gasteiger charge is -2.38. The molecule has 1 aromatic carbocycles. The van der Waals surface area contributed by atoms with E-state index in [1.807, 2.05) is 17.0 Å². The molecule has 148 valence electrons. The van der Waals surface area contributed by atoms with E-state index in [1.165, 1.54) is 0 Å². The summed E-state index contributed by atoms with van der Waals surface area (Å²) in [7, 11) is -1.76. The smallest absolute Gasteiger partial charge is 0.224 e. The second-order valence-electron chi connectivity index (χ2n) is 9.00. The molecule has 2 rings (SSSR count). The van der Waals surface area contributed by atoms with Crippen LogP contribution in [0.25, 0.3) is 0 Å². The average Bonchev–Trinajstić information content (AvgIpc) is 2.54. The van der Waals surface area contributed by atoms with Gasteiger partial charge >= 0.3 is 0 Å². The highest BCUT2D eigenvalue weighted by Gasteiger charge is 2.41. The maximum Gasteiger partial charge on any atom is 0.224 e. The van der Waals surface area contributed by atoms with E-state index in [0.717, 1.165) is 23.2 Å². The maximum atomic E-state index is 12.1. The molecule has 4 heteroatoms. The van der Waals surface area contributed by atoms with Crippen LogP contribution in [0.15, 0.2) is 18.2 Å². The number of carbonyl (C=O) groups excluding carboxylic acids is 1. The van der Waals surface area contributed by atoms with Crippen LogP contribution < -0.4 is 10.6 Å². The summed E-state index contributed by atoms with van der Waals surface area (Å²) in [4.78, 5) is 14.0. The molecule has 2 N–H and O–H groups in total. The molecule has 2 unspecified atom stereocenters. The van der Waals surface area contributed by atoms with Crippen LogP contribution in [-0.4, -0.2) is 20.0 Å². The van der Waals surface area contributed by atoms with Crippen LogP contribution in [-0.2, 0) is 4.79 Å². The third-order valence-corrected chi connectivity index (χ3v) is 12.6. The second kappa shape index (κ2) is 8.20. The molecule has 2 atom stereocenters. The zero-order valence-corrected chi connectivity index (χ0v) is 19.3. The van der Waals surface area contributed by atoms with Crippen molar-refractivity contribution in [3.63, 3.8) is 0 Å². The molecule has 1 aromatic rings. The highest BCUT2D eigenvalue weighted by atomic mass is 28.3. The number of hydrogen-bond donors (Lipinski definition) is 1. The first-order chi connectivity index (χ1) is 12.5. The standard InChI is InChI=1S/C23H36N2OSi/c1-15(2)27(16(3)4,17(5)6)12-11-20-9-10-23-21(14-20)22(24)13-18(7)25(23)19(8)26/h9-10,14-18,22H,13,24H2,1-8H3. The fourth-order valence-electron chi connectivity index (χ4n) is 5.08. The number of hydrogen-bond acceptors (Lipinski definition) is 2. The molecule has 3 nitrogen and oxygen atoms in total. The molecule has 0 fully saturated rings. The van der Waals surface area contributed by atoms with Crippen molar-refractivity contribution in [3.05, 3.63) is 29.3 Å². The molecule has 0 spiro atoms. The van der Waals surface area contributed by atoms with Crippen molar-refractivity contribution in [2.75, 3.05) is 4.90 Å². The molecule has 1 aliphatic heterocycles. The van der Waals surface area contributed by atoms with Gasteiger partial charge in [-0.15, -0.1) is 5.54 Å². The molecule has 27 heavy (non-hydrogen) atoms. The Bertz CT molecular complexity index is 736. The van der Waals surface area contributed by atoms with Gasteiger partial charge in [0, 0.05) is 30.3 Å². The van der Waals surface area contributed by atoms with Gasteiger partial charge in [0.05, 0.1) is 0 Å². The fraction of sp³-hybridized carbons (Fsp3) is 0.609. The molecule has 0 saturated carbocycles. The molecule has 0 aromatic heterocycles. The van der Waals surface area contributed by atoms with E-state index in [0.29, 0.717) is 16.6 Å². The summed E-state index contributed by atoms with van der Waals surface area (Å²) in [6.07, 6.45) is 0.784. The zero-order valence-electron chi connectivity index (χ0n) is 18.3. The third-order valence-electron chi connectivity index (χ3n) is 6.35. The quantitative estimate of drug-likeness (QED) is 0.560. The molecule has 0 aliphatic carbocycles. The summed E-state index contributed by atoms with van der Waals surface area (Å²) in [5.41, 5.74) is 15.0. The van der Waals surface area contributed by atoms with Gasteiger partial charge in [-0.1, -0.05) is 47.5 Å². The SMILES string of the molecule is CC(=O)N1c2ccc(C#C[Si](C(C)C)(C(C)C)C(C)C)cc2C(N)CC1C. The van der Waals surface area contributed by atoms with E-state index in [9.17, 15) is 4.79 Å². The van der Waals surface area contributed by atoms with Crippen LogP contribution in [0.1, 0.15) is 79.0 Å². The summed E-state index contributed by atoms with van der Waals surface area (Å²) in [6.45, 7) is 17.7. The van der Waals surface area contributed by atoms with E-state index in [1.54, 1.807) is 6.92 Å². The van der Waals surface area contributed by atoms with Crippen molar-refractivity contribution in [1.29, 1.82) is 0 Å². The Kier molecular flexibility index (Phi) is 6.60. The van der Waals surface area contributed by atoms with E-state index in [-0.39, 0.29) is 18.0 Å². The van der Waals surface area contributed by atoms with Gasteiger partial charge in [-0.3, -0.25) is 4.79 Å². The van der Waals surface area contributed by atoms with Gasteiger partial charge < -0.3 is 10.6 Å². The second-order valence-corrected chi connectivity index (χ2v) is 14.6. The lowest BCUT2D eigenvalue weighted by Crippen LogP contribution is -2.43. The molecular weight excluding hydrogens is 348 g/mol. The predicted molar refractivity (Wildman–Crippen MR) is 119 cm³/mol. The van der Waals surface area contributed by atoms with Crippen LogP contribution in [0.2, 0.25) is 16.6 Å². The number of benzene rings is 1. The van der Waals surface area contributed by atoms with Gasteiger partial charge in [0.2, 0.25) is 5.91 Å². The molecule has 1 amide bonds. The van der Waals surface area contributed by atoms with Gasteiger partial charge in [0.15, 0.2) is 0 Å². The molecular formula is C23H36N2OSi. The molecule has 1 aliphatic rings. The van der Waals surface area contributed by atoms with Crippen molar-refractivity contribution in [2.45, 2.75) is 90.5 Å². The van der Waals surface area contributed by atoms with Crippen LogP contribution in [0.3, 0.4) is 0 Å². The number of carbonyl (C=O) groups is 1. The third kappa shape index (κ3) is 4.00. The molecule has 1 heterocycles. The monoisotopic (exact) mass is 384 g/mol. The van der Waals surface area contributed by atoms with Crippen molar-refractivity contribution < 1.29 is 4.79 Å². The average molecular weight is 385 g/mol. The Morgan fingerprint density at radius 1 is 1.15 bits per heavy atom. The highest BCUT2D eigenvalue weighted by Crippen LogP contribution is 2.41. The van der Waals surface area contributed by atoms with E-state index >= 15 is 0 Å². The number of nitrogens with zero attached hydrogens (tertiary/aromatic N) is 1. The molecule has 0 bridgehead atoms. The Hall–Kier alpha value is -1.57. The lowest BCUT2D eigenvalue weighted by molar-refractivity contribution is -0.117. The summed E-state index contributed by atoms with van der Waals surface area (Å²) in [5.74, 6) is 3.58. The number of rotatable bonds is 3.